The zero-order valence-corrected chi connectivity index (χ0v) is 21.2. The van der Waals surface area contributed by atoms with Crippen LogP contribution in [0.25, 0.3) is 5.69 Å². The summed E-state index contributed by atoms with van der Waals surface area (Å²) >= 11 is 2.87. The van der Waals surface area contributed by atoms with Gasteiger partial charge in [0.05, 0.1) is 19.0 Å². The number of aryl methyl sites for hydroxylation is 2. The molecule has 0 fully saturated rings. The van der Waals surface area contributed by atoms with Gasteiger partial charge in [-0.3, -0.25) is 9.36 Å². The zero-order chi connectivity index (χ0) is 23.8. The predicted molar refractivity (Wildman–Crippen MR) is 130 cm³/mol. The van der Waals surface area contributed by atoms with Crippen molar-refractivity contribution in [1.29, 1.82) is 0 Å². The minimum atomic E-state index is -0.362. The van der Waals surface area contributed by atoms with Crippen LogP contribution in [0.5, 0.6) is 5.75 Å². The molecule has 0 N–H and O–H groups in total. The molecular formula is C23H29N5O3S2. The molecular weight excluding hydrogens is 458 g/mol. The Morgan fingerprint density at radius 2 is 1.73 bits per heavy atom. The highest BCUT2D eigenvalue weighted by Gasteiger charge is 2.24. The van der Waals surface area contributed by atoms with Crippen molar-refractivity contribution in [1.82, 2.24) is 24.7 Å². The summed E-state index contributed by atoms with van der Waals surface area (Å²) < 4.78 is 12.8. The van der Waals surface area contributed by atoms with E-state index in [1.807, 2.05) is 69.5 Å². The van der Waals surface area contributed by atoms with Crippen LogP contribution in [0.3, 0.4) is 0 Å². The molecule has 33 heavy (non-hydrogen) atoms. The summed E-state index contributed by atoms with van der Waals surface area (Å²) in [6.07, 6.45) is 0.625. The van der Waals surface area contributed by atoms with E-state index in [9.17, 15) is 4.79 Å². The van der Waals surface area contributed by atoms with Gasteiger partial charge in [-0.15, -0.1) is 10.2 Å². The van der Waals surface area contributed by atoms with Crippen molar-refractivity contribution < 1.29 is 14.3 Å². The molecule has 0 aliphatic carbocycles. The van der Waals surface area contributed by atoms with E-state index >= 15 is 0 Å². The lowest BCUT2D eigenvalue weighted by Crippen LogP contribution is -2.20. The summed E-state index contributed by atoms with van der Waals surface area (Å²) in [5, 5.41) is 9.82. The number of esters is 1. The van der Waals surface area contributed by atoms with Gasteiger partial charge in [-0.2, -0.15) is 0 Å². The summed E-state index contributed by atoms with van der Waals surface area (Å²) in [6.45, 7) is 10.6. The van der Waals surface area contributed by atoms with Crippen LogP contribution in [0.1, 0.15) is 44.4 Å². The van der Waals surface area contributed by atoms with Gasteiger partial charge < -0.3 is 9.47 Å². The molecule has 1 aromatic carbocycles. The lowest BCUT2D eigenvalue weighted by atomic mass is 10.3. The molecule has 0 saturated heterocycles. The van der Waals surface area contributed by atoms with Crippen molar-refractivity contribution in [3.05, 3.63) is 47.5 Å². The third kappa shape index (κ3) is 6.70. The van der Waals surface area contributed by atoms with E-state index in [1.165, 1.54) is 23.5 Å². The Morgan fingerprint density at radius 3 is 2.33 bits per heavy atom. The van der Waals surface area contributed by atoms with Crippen molar-refractivity contribution in [3.63, 3.8) is 0 Å². The molecule has 0 radical (unpaired) electrons. The summed E-state index contributed by atoms with van der Waals surface area (Å²) in [6, 6.07) is 9.71. The molecule has 3 rings (SSSR count). The number of ether oxygens (including phenoxy) is 2. The largest absolute Gasteiger partial charge is 0.494 e. The molecule has 176 valence electrons. The molecule has 1 atom stereocenters. The molecule has 0 amide bonds. The maximum absolute atomic E-state index is 12.4. The van der Waals surface area contributed by atoms with E-state index in [0.29, 0.717) is 35.7 Å². The number of thioether (sulfide) groups is 2. The van der Waals surface area contributed by atoms with E-state index in [2.05, 4.69) is 20.2 Å². The van der Waals surface area contributed by atoms with Crippen LogP contribution in [0.15, 0.2) is 40.6 Å². The van der Waals surface area contributed by atoms with E-state index in [-0.39, 0.29) is 11.2 Å². The van der Waals surface area contributed by atoms with Crippen LogP contribution in [0.2, 0.25) is 0 Å². The Hall–Kier alpha value is -2.59. The maximum Gasteiger partial charge on any atom is 0.319 e. The maximum atomic E-state index is 12.4. The Morgan fingerprint density at radius 1 is 1.03 bits per heavy atom. The standard InChI is InChI=1S/C23H29N5O3S2/c1-6-19(21(29)31-8-3)33-23-27-26-20(14-32-22-24-15(4)13-16(5)25-22)28(23)17-9-11-18(12-10-17)30-7-2/h9-13,19H,6-8,14H2,1-5H3/t19-/m1/s1. The molecule has 3 aromatic rings. The highest BCUT2D eigenvalue weighted by Crippen LogP contribution is 2.31. The number of nitrogens with zero attached hydrogens (tertiary/aromatic N) is 5. The van der Waals surface area contributed by atoms with Crippen molar-refractivity contribution >= 4 is 29.5 Å². The fourth-order valence-corrected chi connectivity index (χ4v) is 4.99. The van der Waals surface area contributed by atoms with Gasteiger partial charge in [-0.1, -0.05) is 30.4 Å². The van der Waals surface area contributed by atoms with Gasteiger partial charge in [0.2, 0.25) is 0 Å². The van der Waals surface area contributed by atoms with Gasteiger partial charge >= 0.3 is 5.97 Å². The molecule has 2 aromatic heterocycles. The Bertz CT molecular complexity index is 1050. The molecule has 0 aliphatic heterocycles. The predicted octanol–water partition coefficient (Wildman–Crippen LogP) is 4.80. The van der Waals surface area contributed by atoms with Gasteiger partial charge in [0.1, 0.15) is 16.8 Å². The molecule has 0 bridgehead atoms. The average molecular weight is 488 g/mol. The topological polar surface area (TPSA) is 92.0 Å². The van der Waals surface area contributed by atoms with Crippen molar-refractivity contribution in [2.24, 2.45) is 0 Å². The van der Waals surface area contributed by atoms with Crippen LogP contribution in [-0.4, -0.2) is 49.2 Å². The van der Waals surface area contributed by atoms with Gasteiger partial charge in [0, 0.05) is 17.1 Å². The second kappa shape index (κ2) is 12.0. The first-order valence-corrected chi connectivity index (χ1v) is 12.8. The van der Waals surface area contributed by atoms with Crippen LogP contribution in [0.4, 0.5) is 0 Å². The number of benzene rings is 1. The monoisotopic (exact) mass is 487 g/mol. The smallest absolute Gasteiger partial charge is 0.319 e. The first-order valence-electron chi connectivity index (χ1n) is 10.9. The quantitative estimate of drug-likeness (QED) is 0.215. The minimum absolute atomic E-state index is 0.245. The second-order valence-electron chi connectivity index (χ2n) is 7.15. The van der Waals surface area contributed by atoms with Crippen molar-refractivity contribution in [2.45, 2.75) is 62.4 Å². The van der Waals surface area contributed by atoms with Gasteiger partial charge in [-0.05, 0) is 64.4 Å². The second-order valence-corrected chi connectivity index (χ2v) is 9.26. The van der Waals surface area contributed by atoms with E-state index in [1.54, 1.807) is 0 Å². The molecule has 0 unspecified atom stereocenters. The number of hydrogen-bond donors (Lipinski definition) is 0. The fourth-order valence-electron chi connectivity index (χ4n) is 3.14. The van der Waals surface area contributed by atoms with Crippen molar-refractivity contribution in [2.75, 3.05) is 13.2 Å². The molecule has 0 saturated carbocycles. The van der Waals surface area contributed by atoms with E-state index in [4.69, 9.17) is 9.47 Å². The molecule has 10 heteroatoms. The van der Waals surface area contributed by atoms with Gasteiger partial charge in [0.15, 0.2) is 10.3 Å². The third-order valence-corrected chi connectivity index (χ3v) is 6.70. The van der Waals surface area contributed by atoms with Gasteiger partial charge in [-0.25, -0.2) is 9.97 Å². The first kappa shape index (κ1) is 25.0. The number of carbonyl (C=O) groups is 1. The van der Waals surface area contributed by atoms with Crippen LogP contribution >= 0.6 is 23.5 Å². The highest BCUT2D eigenvalue weighted by molar-refractivity contribution is 8.00. The Kier molecular flexibility index (Phi) is 9.13. The van der Waals surface area contributed by atoms with Crippen molar-refractivity contribution in [3.8, 4) is 11.4 Å². The number of rotatable bonds is 11. The van der Waals surface area contributed by atoms with E-state index < -0.39 is 0 Å². The Labute approximate surface area is 202 Å². The normalized spacial score (nSPS) is 11.9. The summed E-state index contributed by atoms with van der Waals surface area (Å²) in [5.74, 6) is 1.82. The number of carbonyl (C=O) groups excluding carboxylic acids is 1. The lowest BCUT2D eigenvalue weighted by Gasteiger charge is -2.15. The third-order valence-electron chi connectivity index (χ3n) is 4.57. The number of hydrogen-bond acceptors (Lipinski definition) is 9. The van der Waals surface area contributed by atoms with Crippen LogP contribution in [-0.2, 0) is 15.3 Å². The summed E-state index contributed by atoms with van der Waals surface area (Å²) in [7, 11) is 0. The number of aromatic nitrogens is 5. The lowest BCUT2D eigenvalue weighted by molar-refractivity contribution is -0.142. The molecule has 0 aliphatic rings. The fraction of sp³-hybridized carbons (Fsp3) is 0.435. The van der Waals surface area contributed by atoms with Crippen LogP contribution < -0.4 is 4.74 Å². The Balaban J connectivity index is 1.92. The molecule has 8 nitrogen and oxygen atoms in total. The summed E-state index contributed by atoms with van der Waals surface area (Å²) in [4.78, 5) is 21.4. The average Bonchev–Trinajstić information content (AvgIpc) is 3.18. The van der Waals surface area contributed by atoms with Crippen LogP contribution in [0, 0.1) is 13.8 Å². The van der Waals surface area contributed by atoms with Gasteiger partial charge in [0.25, 0.3) is 0 Å². The SMILES string of the molecule is CCOC(=O)[C@@H](CC)Sc1nnc(CSc2nc(C)cc(C)n2)n1-c1ccc(OCC)cc1. The minimum Gasteiger partial charge on any atom is -0.494 e. The zero-order valence-electron chi connectivity index (χ0n) is 19.6. The first-order chi connectivity index (χ1) is 15.9. The highest BCUT2D eigenvalue weighted by atomic mass is 32.2. The molecule has 0 spiro atoms. The molecule has 2 heterocycles. The van der Waals surface area contributed by atoms with E-state index in [0.717, 1.165) is 28.6 Å². The summed E-state index contributed by atoms with van der Waals surface area (Å²) in [5.41, 5.74) is 2.74.